The third-order valence-corrected chi connectivity index (χ3v) is 4.69. The van der Waals surface area contributed by atoms with Gasteiger partial charge in [-0.15, -0.1) is 0 Å². The summed E-state index contributed by atoms with van der Waals surface area (Å²) < 4.78 is 0. The van der Waals surface area contributed by atoms with E-state index in [0.717, 1.165) is 53.9 Å². The van der Waals surface area contributed by atoms with Crippen LogP contribution in [0.3, 0.4) is 0 Å². The van der Waals surface area contributed by atoms with Gasteiger partial charge in [-0.2, -0.15) is 0 Å². The molecule has 0 aromatic carbocycles. The fraction of sp³-hybridized carbons (Fsp3) is 0.400. The molecule has 1 aliphatic carbocycles. The number of nitrogens with zero attached hydrogens (tertiary/aromatic N) is 2. The van der Waals surface area contributed by atoms with Gasteiger partial charge in [-0.25, -0.2) is 4.98 Å². The summed E-state index contributed by atoms with van der Waals surface area (Å²) in [6, 6.07) is 1.81. The van der Waals surface area contributed by atoms with E-state index in [1.54, 1.807) is 6.20 Å². The summed E-state index contributed by atoms with van der Waals surface area (Å²) in [4.78, 5) is 23.8. The smallest absolute Gasteiger partial charge is 0.254 e. The molecule has 0 bridgehead atoms. The Bertz CT molecular complexity index is 726. The zero-order chi connectivity index (χ0) is 14.8. The molecule has 0 aliphatic heterocycles. The van der Waals surface area contributed by atoms with Crippen LogP contribution in [0.15, 0.2) is 22.2 Å². The minimum absolute atomic E-state index is 0.00914. The number of nitrogens with one attached hydrogen (secondary N) is 1. The lowest BCUT2D eigenvalue weighted by Crippen LogP contribution is -2.15. The van der Waals surface area contributed by atoms with Crippen LogP contribution in [-0.2, 0) is 25.0 Å². The Morgan fingerprint density at radius 2 is 2.29 bits per heavy atom. The molecule has 2 aromatic heterocycles. The number of aromatic amines is 1. The normalized spacial score (nSPS) is 13.4. The summed E-state index contributed by atoms with van der Waals surface area (Å²) in [6.45, 7) is 2.06. The van der Waals surface area contributed by atoms with Gasteiger partial charge < -0.3 is 10.7 Å². The highest BCUT2D eigenvalue weighted by molar-refractivity contribution is 7.98. The van der Waals surface area contributed by atoms with Crippen LogP contribution in [0.4, 0.5) is 5.69 Å². The second kappa shape index (κ2) is 5.89. The summed E-state index contributed by atoms with van der Waals surface area (Å²) in [7, 11) is 0. The van der Waals surface area contributed by atoms with Crippen molar-refractivity contribution in [3.8, 4) is 0 Å². The molecule has 110 valence electrons. The van der Waals surface area contributed by atoms with Crippen molar-refractivity contribution in [2.45, 2.75) is 43.5 Å². The minimum Gasteiger partial charge on any atom is -0.398 e. The van der Waals surface area contributed by atoms with Crippen molar-refractivity contribution < 1.29 is 0 Å². The lowest BCUT2D eigenvalue weighted by atomic mass is 10.1. The molecule has 0 radical (unpaired) electrons. The second-order valence-corrected chi connectivity index (χ2v) is 6.08. The predicted octanol–water partition coefficient (Wildman–Crippen LogP) is 2.09. The van der Waals surface area contributed by atoms with Crippen molar-refractivity contribution in [2.24, 2.45) is 0 Å². The number of hydrogen-bond acceptors (Lipinski definition) is 5. The van der Waals surface area contributed by atoms with E-state index in [2.05, 4.69) is 21.9 Å². The largest absolute Gasteiger partial charge is 0.398 e. The van der Waals surface area contributed by atoms with Crippen molar-refractivity contribution in [3.63, 3.8) is 0 Å². The van der Waals surface area contributed by atoms with E-state index in [-0.39, 0.29) is 5.56 Å². The van der Waals surface area contributed by atoms with Crippen LogP contribution in [-0.4, -0.2) is 15.0 Å². The third-order valence-electron chi connectivity index (χ3n) is 3.79. The van der Waals surface area contributed by atoms with Crippen molar-refractivity contribution in [3.05, 3.63) is 45.1 Å². The van der Waals surface area contributed by atoms with Gasteiger partial charge in [0.1, 0.15) is 0 Å². The van der Waals surface area contributed by atoms with Gasteiger partial charge in [-0.05, 0) is 31.7 Å². The van der Waals surface area contributed by atoms with Crippen molar-refractivity contribution in [1.29, 1.82) is 0 Å². The Kier molecular flexibility index (Phi) is 3.96. The van der Waals surface area contributed by atoms with E-state index >= 15 is 0 Å². The lowest BCUT2D eigenvalue weighted by Gasteiger charge is -2.09. The number of H-pyrrole nitrogens is 1. The van der Waals surface area contributed by atoms with Crippen LogP contribution in [0, 0.1) is 0 Å². The summed E-state index contributed by atoms with van der Waals surface area (Å²) in [5, 5.41) is 0.672. The first kappa shape index (κ1) is 14.1. The summed E-state index contributed by atoms with van der Waals surface area (Å²) >= 11 is 1.51. The molecular formula is C15H18N4OS. The molecule has 0 atom stereocenters. The van der Waals surface area contributed by atoms with Gasteiger partial charge in [0.15, 0.2) is 5.16 Å². The van der Waals surface area contributed by atoms with Gasteiger partial charge in [0.25, 0.3) is 5.56 Å². The number of pyridine rings is 1. The maximum atomic E-state index is 12.0. The molecule has 0 saturated heterocycles. The van der Waals surface area contributed by atoms with Crippen molar-refractivity contribution >= 4 is 17.4 Å². The van der Waals surface area contributed by atoms with E-state index in [0.29, 0.717) is 10.9 Å². The molecule has 0 unspecified atom stereocenters. The minimum atomic E-state index is 0.00914. The van der Waals surface area contributed by atoms with E-state index in [1.165, 1.54) is 11.8 Å². The topological polar surface area (TPSA) is 84.7 Å². The fourth-order valence-corrected chi connectivity index (χ4v) is 3.61. The Morgan fingerprint density at radius 1 is 1.43 bits per heavy atom. The predicted molar refractivity (Wildman–Crippen MR) is 84.5 cm³/mol. The molecule has 5 nitrogen and oxygen atoms in total. The van der Waals surface area contributed by atoms with Gasteiger partial charge in [0.05, 0.1) is 5.69 Å². The molecule has 1 aliphatic rings. The number of aromatic nitrogens is 3. The molecule has 2 aromatic rings. The van der Waals surface area contributed by atoms with Crippen LogP contribution in [0.5, 0.6) is 0 Å². The molecule has 3 rings (SSSR count). The monoisotopic (exact) mass is 302 g/mol. The molecular weight excluding hydrogens is 284 g/mol. The molecule has 0 spiro atoms. The lowest BCUT2D eigenvalue weighted by molar-refractivity contribution is 0.869. The number of fused-ring (bicyclic) bond motifs is 1. The van der Waals surface area contributed by atoms with E-state index in [9.17, 15) is 4.79 Å². The number of thioether (sulfide) groups is 1. The van der Waals surface area contributed by atoms with Gasteiger partial charge >= 0.3 is 0 Å². The second-order valence-electron chi connectivity index (χ2n) is 5.12. The van der Waals surface area contributed by atoms with Crippen LogP contribution >= 0.6 is 11.8 Å². The fourth-order valence-electron chi connectivity index (χ4n) is 2.65. The van der Waals surface area contributed by atoms with Crippen LogP contribution in [0.25, 0.3) is 0 Å². The van der Waals surface area contributed by atoms with E-state index < -0.39 is 0 Å². The average molecular weight is 302 g/mol. The molecule has 2 heterocycles. The Hall–Kier alpha value is -1.82. The molecule has 3 N–H and O–H groups in total. The highest BCUT2D eigenvalue weighted by atomic mass is 32.2. The number of aryl methyl sites for hydroxylation is 2. The first-order valence-corrected chi connectivity index (χ1v) is 8.14. The van der Waals surface area contributed by atoms with Gasteiger partial charge in [0.2, 0.25) is 0 Å². The molecule has 21 heavy (non-hydrogen) atoms. The standard InChI is InChI=1S/C15H18N4OS/c1-2-12-10(11(16)6-7-17-12)8-21-15-18-13-5-3-4-9(13)14(20)19-15/h6-7H,2-5,8H2,1H3,(H2,16,17)(H,18,19,20). The number of rotatable bonds is 4. The molecule has 0 saturated carbocycles. The van der Waals surface area contributed by atoms with Crippen molar-refractivity contribution in [1.82, 2.24) is 15.0 Å². The van der Waals surface area contributed by atoms with Gasteiger partial charge in [-0.1, -0.05) is 18.7 Å². The van der Waals surface area contributed by atoms with Crippen LogP contribution in [0.2, 0.25) is 0 Å². The highest BCUT2D eigenvalue weighted by Crippen LogP contribution is 2.26. The van der Waals surface area contributed by atoms with Crippen molar-refractivity contribution in [2.75, 3.05) is 5.73 Å². The quantitative estimate of drug-likeness (QED) is 0.667. The first-order valence-electron chi connectivity index (χ1n) is 7.16. The number of anilines is 1. The number of hydrogen-bond donors (Lipinski definition) is 2. The molecule has 0 fully saturated rings. The van der Waals surface area contributed by atoms with E-state index in [1.807, 2.05) is 6.07 Å². The van der Waals surface area contributed by atoms with Gasteiger partial charge in [-0.3, -0.25) is 9.78 Å². The SMILES string of the molecule is CCc1nccc(N)c1CSc1nc2c(c(=O)[nH]1)CCC2. The zero-order valence-electron chi connectivity index (χ0n) is 12.0. The molecule has 6 heteroatoms. The maximum Gasteiger partial charge on any atom is 0.254 e. The Labute approximate surface area is 127 Å². The summed E-state index contributed by atoms with van der Waals surface area (Å²) in [6.07, 6.45) is 5.35. The van der Waals surface area contributed by atoms with E-state index in [4.69, 9.17) is 5.73 Å². The van der Waals surface area contributed by atoms with Crippen LogP contribution < -0.4 is 11.3 Å². The maximum absolute atomic E-state index is 12.0. The van der Waals surface area contributed by atoms with Crippen LogP contribution in [0.1, 0.15) is 35.9 Å². The molecule has 0 amide bonds. The number of nitrogens with two attached hydrogens (primary N) is 1. The average Bonchev–Trinajstić information content (AvgIpc) is 2.94. The highest BCUT2D eigenvalue weighted by Gasteiger charge is 2.17. The Morgan fingerprint density at radius 3 is 3.10 bits per heavy atom. The number of nitrogen functional groups attached to an aromatic ring is 1. The summed E-state index contributed by atoms with van der Waals surface area (Å²) in [5.41, 5.74) is 10.6. The first-order chi connectivity index (χ1) is 10.2. The third kappa shape index (κ3) is 2.81. The Balaban J connectivity index is 1.83. The zero-order valence-corrected chi connectivity index (χ0v) is 12.8. The van der Waals surface area contributed by atoms with Gasteiger partial charge in [0, 0.05) is 34.5 Å². The summed E-state index contributed by atoms with van der Waals surface area (Å²) in [5.74, 6) is 0.671.